The van der Waals surface area contributed by atoms with Crippen molar-refractivity contribution in [2.75, 3.05) is 20.1 Å². The molecule has 1 N–H and O–H groups in total. The van der Waals surface area contributed by atoms with Gasteiger partial charge in [0, 0.05) is 13.6 Å². The minimum atomic E-state index is -0.773. The van der Waals surface area contributed by atoms with Crippen molar-refractivity contribution in [1.82, 2.24) is 4.90 Å². The van der Waals surface area contributed by atoms with Gasteiger partial charge in [-0.15, -0.1) is 0 Å². The molecule has 4 nitrogen and oxygen atoms in total. The second kappa shape index (κ2) is 3.56. The molecule has 1 aliphatic heterocycles. The highest BCUT2D eigenvalue weighted by Gasteiger charge is 2.26. The highest BCUT2D eigenvalue weighted by Crippen LogP contribution is 2.12. The molecule has 0 aromatic heterocycles. The van der Waals surface area contributed by atoms with E-state index in [9.17, 15) is 4.79 Å². The Labute approximate surface area is 71.9 Å². The fourth-order valence-electron chi connectivity index (χ4n) is 1.39. The Morgan fingerprint density at radius 3 is 2.83 bits per heavy atom. The van der Waals surface area contributed by atoms with Crippen LogP contribution in [0.1, 0.15) is 13.3 Å². The van der Waals surface area contributed by atoms with Crippen LogP contribution >= 0.6 is 0 Å². The van der Waals surface area contributed by atoms with Crippen LogP contribution in [-0.4, -0.2) is 41.9 Å². The number of hydrogen-bond donors (Lipinski definition) is 1. The number of carboxylic acids is 1. The first-order valence-electron chi connectivity index (χ1n) is 4.15. The molecule has 68 valence electrons. The number of amidine groups is 1. The van der Waals surface area contributed by atoms with Crippen molar-refractivity contribution < 1.29 is 9.90 Å². The Kier molecular flexibility index (Phi) is 2.68. The van der Waals surface area contributed by atoms with Gasteiger partial charge in [-0.25, -0.2) is 0 Å². The van der Waals surface area contributed by atoms with E-state index in [1.807, 2.05) is 18.9 Å². The van der Waals surface area contributed by atoms with Crippen LogP contribution < -0.4 is 0 Å². The van der Waals surface area contributed by atoms with Gasteiger partial charge >= 0.3 is 5.97 Å². The molecule has 4 heteroatoms. The number of likely N-dealkylation sites (N-methyl/N-ethyl adjacent to an activating group) is 1. The smallest absolute Gasteiger partial charge is 0.314 e. The molecule has 1 aliphatic rings. The summed E-state index contributed by atoms with van der Waals surface area (Å²) < 4.78 is 0. The summed E-state index contributed by atoms with van der Waals surface area (Å²) in [7, 11) is 1.89. The van der Waals surface area contributed by atoms with Gasteiger partial charge in [0.25, 0.3) is 0 Å². The molecule has 0 aromatic carbocycles. The molecule has 0 saturated carbocycles. The lowest BCUT2D eigenvalue weighted by atomic mass is 10.1. The van der Waals surface area contributed by atoms with Crippen molar-refractivity contribution in [1.29, 1.82) is 0 Å². The Hall–Kier alpha value is -1.06. The number of hydrogen-bond acceptors (Lipinski definition) is 3. The van der Waals surface area contributed by atoms with Crippen molar-refractivity contribution in [3.05, 3.63) is 0 Å². The molecule has 0 aromatic rings. The summed E-state index contributed by atoms with van der Waals surface area (Å²) in [5, 5.41) is 8.84. The first-order chi connectivity index (χ1) is 5.66. The molecular formula is C8H14N2O2. The third kappa shape index (κ3) is 1.57. The standard InChI is InChI=1S/C8H14N2O2/c1-3-6(8(11)12)7-9-4-5-10(7)2/h6H,3-5H2,1-2H3,(H,11,12). The Morgan fingerprint density at radius 1 is 1.83 bits per heavy atom. The summed E-state index contributed by atoms with van der Waals surface area (Å²) in [5.74, 6) is -0.465. The summed E-state index contributed by atoms with van der Waals surface area (Å²) in [6.07, 6.45) is 0.610. The Morgan fingerprint density at radius 2 is 2.50 bits per heavy atom. The number of aliphatic carboxylic acids is 1. The molecule has 0 spiro atoms. The van der Waals surface area contributed by atoms with Crippen molar-refractivity contribution in [3.8, 4) is 0 Å². The zero-order valence-electron chi connectivity index (χ0n) is 7.45. The predicted molar refractivity (Wildman–Crippen MR) is 46.3 cm³/mol. The maximum Gasteiger partial charge on any atom is 0.314 e. The number of carbonyl (C=O) groups is 1. The highest BCUT2D eigenvalue weighted by atomic mass is 16.4. The van der Waals surface area contributed by atoms with Gasteiger partial charge in [-0.3, -0.25) is 9.79 Å². The molecule has 1 atom stereocenters. The summed E-state index contributed by atoms with van der Waals surface area (Å²) in [4.78, 5) is 16.8. The second-order valence-corrected chi connectivity index (χ2v) is 2.96. The van der Waals surface area contributed by atoms with E-state index in [0.29, 0.717) is 6.42 Å². The molecule has 0 bridgehead atoms. The largest absolute Gasteiger partial charge is 0.481 e. The number of nitrogens with zero attached hydrogens (tertiary/aromatic N) is 2. The zero-order valence-corrected chi connectivity index (χ0v) is 7.45. The second-order valence-electron chi connectivity index (χ2n) is 2.96. The summed E-state index contributed by atoms with van der Waals surface area (Å²) in [5.41, 5.74) is 0. The van der Waals surface area contributed by atoms with E-state index in [1.165, 1.54) is 0 Å². The molecule has 0 saturated heterocycles. The van der Waals surface area contributed by atoms with E-state index in [0.717, 1.165) is 18.9 Å². The van der Waals surface area contributed by atoms with Crippen LogP contribution in [0.4, 0.5) is 0 Å². The molecule has 1 unspecified atom stereocenters. The summed E-state index contributed by atoms with van der Waals surface area (Å²) in [6, 6.07) is 0. The third-order valence-electron chi connectivity index (χ3n) is 2.12. The molecule has 0 amide bonds. The number of aliphatic imine (C=N–C) groups is 1. The predicted octanol–water partition coefficient (Wildman–Crippen LogP) is 0.441. The zero-order chi connectivity index (χ0) is 9.14. The van der Waals surface area contributed by atoms with E-state index in [-0.39, 0.29) is 0 Å². The summed E-state index contributed by atoms with van der Waals surface area (Å²) >= 11 is 0. The average molecular weight is 170 g/mol. The van der Waals surface area contributed by atoms with E-state index in [4.69, 9.17) is 5.11 Å². The highest BCUT2D eigenvalue weighted by molar-refractivity contribution is 6.00. The average Bonchev–Trinajstić information content (AvgIpc) is 2.38. The lowest BCUT2D eigenvalue weighted by molar-refractivity contribution is -0.139. The SMILES string of the molecule is CCC(C(=O)O)C1=NCCN1C. The van der Waals surface area contributed by atoms with Crippen LogP contribution in [0.15, 0.2) is 4.99 Å². The normalized spacial score (nSPS) is 19.2. The Balaban J connectivity index is 2.72. The molecule has 0 fully saturated rings. The lowest BCUT2D eigenvalue weighted by Gasteiger charge is -2.18. The molecule has 1 rings (SSSR count). The topological polar surface area (TPSA) is 52.9 Å². The van der Waals surface area contributed by atoms with Gasteiger partial charge in [-0.2, -0.15) is 0 Å². The molecule has 1 heterocycles. The number of rotatable bonds is 3. The van der Waals surface area contributed by atoms with E-state index < -0.39 is 11.9 Å². The van der Waals surface area contributed by atoms with Gasteiger partial charge in [0.2, 0.25) is 0 Å². The van der Waals surface area contributed by atoms with Crippen molar-refractivity contribution in [3.63, 3.8) is 0 Å². The molecule has 12 heavy (non-hydrogen) atoms. The van der Waals surface area contributed by atoms with Gasteiger partial charge < -0.3 is 10.0 Å². The van der Waals surface area contributed by atoms with Crippen molar-refractivity contribution in [2.45, 2.75) is 13.3 Å². The van der Waals surface area contributed by atoms with Gasteiger partial charge in [0.1, 0.15) is 11.8 Å². The van der Waals surface area contributed by atoms with Crippen molar-refractivity contribution in [2.24, 2.45) is 10.9 Å². The van der Waals surface area contributed by atoms with Crippen molar-refractivity contribution >= 4 is 11.8 Å². The quantitative estimate of drug-likeness (QED) is 0.668. The first kappa shape index (κ1) is 9.03. The third-order valence-corrected chi connectivity index (χ3v) is 2.12. The Bertz CT molecular complexity index is 213. The van der Waals surface area contributed by atoms with Crippen LogP contribution in [0.3, 0.4) is 0 Å². The summed E-state index contributed by atoms with van der Waals surface area (Å²) in [6.45, 7) is 3.45. The lowest BCUT2D eigenvalue weighted by Crippen LogP contribution is -2.33. The van der Waals surface area contributed by atoms with Crippen LogP contribution in [-0.2, 0) is 4.79 Å². The van der Waals surface area contributed by atoms with Gasteiger partial charge in [0.15, 0.2) is 0 Å². The van der Waals surface area contributed by atoms with E-state index in [2.05, 4.69) is 4.99 Å². The van der Waals surface area contributed by atoms with Gasteiger partial charge in [0.05, 0.1) is 6.54 Å². The minimum absolute atomic E-state index is 0.419. The molecule has 0 radical (unpaired) electrons. The fourth-order valence-corrected chi connectivity index (χ4v) is 1.39. The van der Waals surface area contributed by atoms with Crippen LogP contribution in [0.25, 0.3) is 0 Å². The van der Waals surface area contributed by atoms with Gasteiger partial charge in [-0.05, 0) is 6.42 Å². The van der Waals surface area contributed by atoms with Crippen LogP contribution in [0.2, 0.25) is 0 Å². The minimum Gasteiger partial charge on any atom is -0.481 e. The maximum absolute atomic E-state index is 10.8. The maximum atomic E-state index is 10.8. The van der Waals surface area contributed by atoms with Crippen LogP contribution in [0.5, 0.6) is 0 Å². The van der Waals surface area contributed by atoms with Crippen LogP contribution in [0, 0.1) is 5.92 Å². The van der Waals surface area contributed by atoms with E-state index >= 15 is 0 Å². The number of carboxylic acid groups (broad SMARTS) is 1. The monoisotopic (exact) mass is 170 g/mol. The van der Waals surface area contributed by atoms with E-state index in [1.54, 1.807) is 0 Å². The first-order valence-corrected chi connectivity index (χ1v) is 4.15. The molecule has 0 aliphatic carbocycles. The van der Waals surface area contributed by atoms with Gasteiger partial charge in [-0.1, -0.05) is 6.92 Å². The molecular weight excluding hydrogens is 156 g/mol. The fraction of sp³-hybridized carbons (Fsp3) is 0.750.